The zero-order valence-corrected chi connectivity index (χ0v) is 11.3. The lowest BCUT2D eigenvalue weighted by Crippen LogP contribution is -2.36. The Balaban J connectivity index is 2.82. The molecule has 0 atom stereocenters. The lowest BCUT2D eigenvalue weighted by atomic mass is 10.2. The summed E-state index contributed by atoms with van der Waals surface area (Å²) in [5, 5.41) is 16.1. The number of aryl methyl sites for hydroxylation is 2. The number of nitriles is 1. The Morgan fingerprint density at radius 1 is 1.61 bits per heavy atom. The summed E-state index contributed by atoms with van der Waals surface area (Å²) in [5.41, 5.74) is 1.19. The molecule has 0 bridgehead atoms. The van der Waals surface area contributed by atoms with Crippen LogP contribution in [0.15, 0.2) is 0 Å². The first-order chi connectivity index (χ1) is 8.51. The number of rotatable bonds is 5. The number of carbonyl (C=O) groups excluding carboxylic acids is 1. The fourth-order valence-corrected chi connectivity index (χ4v) is 1.83. The molecule has 18 heavy (non-hydrogen) atoms. The second-order valence-electron chi connectivity index (χ2n) is 4.23. The van der Waals surface area contributed by atoms with Gasteiger partial charge in [-0.15, -0.1) is 0 Å². The molecule has 0 saturated heterocycles. The van der Waals surface area contributed by atoms with Gasteiger partial charge in [0, 0.05) is 20.6 Å². The van der Waals surface area contributed by atoms with Crippen molar-refractivity contribution in [2.45, 2.75) is 20.3 Å². The van der Waals surface area contributed by atoms with Gasteiger partial charge >= 0.3 is 0 Å². The van der Waals surface area contributed by atoms with Crippen LogP contribution < -0.4 is 10.2 Å². The average Bonchev–Trinajstić information content (AvgIpc) is 2.60. The van der Waals surface area contributed by atoms with Gasteiger partial charge in [0.1, 0.15) is 17.5 Å². The van der Waals surface area contributed by atoms with Crippen molar-refractivity contribution in [2.24, 2.45) is 7.05 Å². The number of amides is 1. The number of aromatic nitrogens is 2. The molecule has 1 amide bonds. The molecule has 0 aliphatic carbocycles. The van der Waals surface area contributed by atoms with Crippen LogP contribution in [-0.2, 0) is 11.8 Å². The standard InChI is InChI=1S/C12H19N5O/c1-5-6-14-11(18)8-16(3)12-10(7-13)9(2)15-17(12)4/h5-6,8H2,1-4H3,(H,14,18). The van der Waals surface area contributed by atoms with Crippen molar-refractivity contribution in [1.29, 1.82) is 5.26 Å². The van der Waals surface area contributed by atoms with Gasteiger partial charge in [-0.25, -0.2) is 0 Å². The van der Waals surface area contributed by atoms with E-state index >= 15 is 0 Å². The van der Waals surface area contributed by atoms with Crippen molar-refractivity contribution < 1.29 is 4.79 Å². The van der Waals surface area contributed by atoms with E-state index in [-0.39, 0.29) is 12.5 Å². The number of hydrogen-bond acceptors (Lipinski definition) is 4. The molecule has 0 aliphatic rings. The Morgan fingerprint density at radius 2 is 2.28 bits per heavy atom. The molecule has 6 heteroatoms. The number of nitrogens with zero attached hydrogens (tertiary/aromatic N) is 4. The molecule has 0 radical (unpaired) electrons. The average molecular weight is 249 g/mol. The molecule has 1 heterocycles. The summed E-state index contributed by atoms with van der Waals surface area (Å²) in [6.07, 6.45) is 0.906. The lowest BCUT2D eigenvalue weighted by molar-refractivity contribution is -0.119. The van der Waals surface area contributed by atoms with E-state index in [0.29, 0.717) is 23.6 Å². The SMILES string of the molecule is CCCNC(=O)CN(C)c1c(C#N)c(C)nn1C. The van der Waals surface area contributed by atoms with Gasteiger partial charge in [-0.1, -0.05) is 6.92 Å². The second-order valence-corrected chi connectivity index (χ2v) is 4.23. The smallest absolute Gasteiger partial charge is 0.239 e. The molecular weight excluding hydrogens is 230 g/mol. The van der Waals surface area contributed by atoms with Crippen LogP contribution >= 0.6 is 0 Å². The van der Waals surface area contributed by atoms with E-state index in [9.17, 15) is 4.79 Å². The molecule has 98 valence electrons. The zero-order valence-electron chi connectivity index (χ0n) is 11.3. The highest BCUT2D eigenvalue weighted by Gasteiger charge is 2.18. The summed E-state index contributed by atoms with van der Waals surface area (Å²) in [6, 6.07) is 2.13. The van der Waals surface area contributed by atoms with E-state index in [1.54, 1.807) is 30.6 Å². The Kier molecular flexibility index (Phi) is 4.72. The zero-order chi connectivity index (χ0) is 13.7. The van der Waals surface area contributed by atoms with Gasteiger partial charge in [-0.05, 0) is 13.3 Å². The van der Waals surface area contributed by atoms with E-state index in [1.165, 1.54) is 0 Å². The summed E-state index contributed by atoms with van der Waals surface area (Å²) < 4.78 is 1.63. The third kappa shape index (κ3) is 3.00. The highest BCUT2D eigenvalue weighted by molar-refractivity contribution is 5.81. The quantitative estimate of drug-likeness (QED) is 0.827. The summed E-state index contributed by atoms with van der Waals surface area (Å²) >= 11 is 0. The molecule has 0 aliphatic heterocycles. The highest BCUT2D eigenvalue weighted by Crippen LogP contribution is 2.20. The van der Waals surface area contributed by atoms with Gasteiger partial charge in [0.15, 0.2) is 0 Å². The number of anilines is 1. The maximum atomic E-state index is 11.6. The molecule has 0 unspecified atom stereocenters. The first kappa shape index (κ1) is 14.0. The molecule has 6 nitrogen and oxygen atoms in total. The second kappa shape index (κ2) is 6.05. The summed E-state index contributed by atoms with van der Waals surface area (Å²) in [6.45, 7) is 4.67. The highest BCUT2D eigenvalue weighted by atomic mass is 16.2. The number of likely N-dealkylation sites (N-methyl/N-ethyl adjacent to an activating group) is 1. The topological polar surface area (TPSA) is 74.0 Å². The van der Waals surface area contributed by atoms with Gasteiger partial charge < -0.3 is 10.2 Å². The third-order valence-electron chi connectivity index (χ3n) is 2.62. The minimum Gasteiger partial charge on any atom is -0.355 e. The minimum atomic E-state index is -0.0536. The van der Waals surface area contributed by atoms with Gasteiger partial charge in [0.25, 0.3) is 0 Å². The van der Waals surface area contributed by atoms with Gasteiger partial charge in [0.2, 0.25) is 5.91 Å². The molecule has 0 saturated carbocycles. The van der Waals surface area contributed by atoms with Crippen LogP contribution in [0.2, 0.25) is 0 Å². The molecule has 1 rings (SSSR count). The first-order valence-electron chi connectivity index (χ1n) is 5.92. The van der Waals surface area contributed by atoms with E-state index in [1.807, 2.05) is 6.92 Å². The Labute approximate surface area is 107 Å². The van der Waals surface area contributed by atoms with Crippen molar-refractivity contribution in [3.05, 3.63) is 11.3 Å². The van der Waals surface area contributed by atoms with Crippen LogP contribution in [0.5, 0.6) is 0 Å². The van der Waals surface area contributed by atoms with E-state index in [0.717, 1.165) is 6.42 Å². The Morgan fingerprint density at radius 3 is 2.83 bits per heavy atom. The maximum absolute atomic E-state index is 11.6. The third-order valence-corrected chi connectivity index (χ3v) is 2.62. The predicted molar refractivity (Wildman–Crippen MR) is 69.2 cm³/mol. The van der Waals surface area contributed by atoms with Gasteiger partial charge in [-0.3, -0.25) is 9.48 Å². The first-order valence-corrected chi connectivity index (χ1v) is 5.92. The largest absolute Gasteiger partial charge is 0.355 e. The summed E-state index contributed by atoms with van der Waals surface area (Å²) in [7, 11) is 3.55. The Bertz CT molecular complexity index is 472. The molecule has 0 fully saturated rings. The van der Waals surface area contributed by atoms with Gasteiger partial charge in [0.05, 0.1) is 12.2 Å². The van der Waals surface area contributed by atoms with Crippen LogP contribution in [0.25, 0.3) is 0 Å². The summed E-state index contributed by atoms with van der Waals surface area (Å²) in [5.74, 6) is 0.615. The number of hydrogen-bond donors (Lipinski definition) is 1. The molecule has 1 aromatic rings. The van der Waals surface area contributed by atoms with Crippen LogP contribution in [0.3, 0.4) is 0 Å². The van der Waals surface area contributed by atoms with Crippen LogP contribution in [-0.4, -0.2) is 35.8 Å². The van der Waals surface area contributed by atoms with Crippen molar-refractivity contribution in [3.8, 4) is 6.07 Å². The molecule has 0 aromatic carbocycles. The number of nitrogens with one attached hydrogen (secondary N) is 1. The van der Waals surface area contributed by atoms with E-state index in [4.69, 9.17) is 5.26 Å². The molecule has 0 spiro atoms. The van der Waals surface area contributed by atoms with Crippen molar-refractivity contribution >= 4 is 11.7 Å². The fourth-order valence-electron chi connectivity index (χ4n) is 1.83. The van der Waals surface area contributed by atoms with Crippen molar-refractivity contribution in [3.63, 3.8) is 0 Å². The van der Waals surface area contributed by atoms with Crippen LogP contribution in [0, 0.1) is 18.3 Å². The van der Waals surface area contributed by atoms with Crippen LogP contribution in [0.1, 0.15) is 24.6 Å². The van der Waals surface area contributed by atoms with Gasteiger partial charge in [-0.2, -0.15) is 10.4 Å². The van der Waals surface area contributed by atoms with Crippen molar-refractivity contribution in [1.82, 2.24) is 15.1 Å². The van der Waals surface area contributed by atoms with E-state index < -0.39 is 0 Å². The van der Waals surface area contributed by atoms with Crippen molar-refractivity contribution in [2.75, 3.05) is 25.0 Å². The normalized spacial score (nSPS) is 9.94. The lowest BCUT2D eigenvalue weighted by Gasteiger charge is -2.18. The maximum Gasteiger partial charge on any atom is 0.239 e. The van der Waals surface area contributed by atoms with Crippen LogP contribution in [0.4, 0.5) is 5.82 Å². The predicted octanol–water partition coefficient (Wildman–Crippen LogP) is 0.563. The molecule has 1 N–H and O–H groups in total. The summed E-state index contributed by atoms with van der Waals surface area (Å²) in [4.78, 5) is 13.4. The minimum absolute atomic E-state index is 0.0536. The Hall–Kier alpha value is -2.03. The number of carbonyl (C=O) groups is 1. The fraction of sp³-hybridized carbons (Fsp3) is 0.583. The molecule has 1 aromatic heterocycles. The van der Waals surface area contributed by atoms with E-state index in [2.05, 4.69) is 16.5 Å². The molecular formula is C12H19N5O. The monoisotopic (exact) mass is 249 g/mol.